The first-order valence-electron chi connectivity index (χ1n) is 8.45. The van der Waals surface area contributed by atoms with Gasteiger partial charge in [0.1, 0.15) is 6.61 Å². The molecule has 6 nitrogen and oxygen atoms in total. The van der Waals surface area contributed by atoms with Gasteiger partial charge < -0.3 is 14.5 Å². The van der Waals surface area contributed by atoms with E-state index in [0.29, 0.717) is 11.8 Å². The van der Waals surface area contributed by atoms with E-state index in [2.05, 4.69) is 34.8 Å². The summed E-state index contributed by atoms with van der Waals surface area (Å²) in [5, 5.41) is 4.51. The summed E-state index contributed by atoms with van der Waals surface area (Å²) in [6.07, 6.45) is 6.14. The van der Waals surface area contributed by atoms with Gasteiger partial charge in [0.25, 0.3) is 0 Å². The highest BCUT2D eigenvalue weighted by molar-refractivity contribution is 5.76. The SMILES string of the molecule is Cc1cnn([C@H]2C[C@H]3CN(C)C[C@H]3C[C@@H]2OCC(=O)N(C)C)c1. The van der Waals surface area contributed by atoms with E-state index in [1.54, 1.807) is 19.0 Å². The molecule has 1 saturated heterocycles. The Bertz CT molecular complexity index is 557. The minimum Gasteiger partial charge on any atom is -0.366 e. The number of aromatic nitrogens is 2. The average molecular weight is 320 g/mol. The number of ether oxygens (including phenoxy) is 1. The molecule has 1 saturated carbocycles. The smallest absolute Gasteiger partial charge is 0.248 e. The van der Waals surface area contributed by atoms with Crippen LogP contribution in [-0.2, 0) is 9.53 Å². The van der Waals surface area contributed by atoms with Crippen LogP contribution in [-0.4, -0.2) is 72.4 Å². The van der Waals surface area contributed by atoms with Gasteiger partial charge in [-0.1, -0.05) is 0 Å². The third-order valence-corrected chi connectivity index (χ3v) is 5.26. The molecule has 0 N–H and O–H groups in total. The summed E-state index contributed by atoms with van der Waals surface area (Å²) >= 11 is 0. The first-order valence-corrected chi connectivity index (χ1v) is 8.45. The van der Waals surface area contributed by atoms with Crippen molar-refractivity contribution in [3.63, 3.8) is 0 Å². The molecule has 128 valence electrons. The van der Waals surface area contributed by atoms with Gasteiger partial charge in [-0.25, -0.2) is 0 Å². The van der Waals surface area contributed by atoms with E-state index in [1.165, 1.54) is 5.56 Å². The molecule has 0 unspecified atom stereocenters. The molecule has 3 rings (SSSR count). The molecule has 6 heteroatoms. The van der Waals surface area contributed by atoms with Gasteiger partial charge in [-0.3, -0.25) is 9.48 Å². The fourth-order valence-corrected chi connectivity index (χ4v) is 4.00. The Morgan fingerprint density at radius 1 is 1.35 bits per heavy atom. The summed E-state index contributed by atoms with van der Waals surface area (Å²) in [7, 11) is 5.72. The number of hydrogen-bond acceptors (Lipinski definition) is 4. The van der Waals surface area contributed by atoms with E-state index in [4.69, 9.17) is 4.74 Å². The first-order chi connectivity index (χ1) is 10.9. The van der Waals surface area contributed by atoms with Gasteiger partial charge in [-0.05, 0) is 44.2 Å². The van der Waals surface area contributed by atoms with E-state index in [0.717, 1.165) is 25.9 Å². The largest absolute Gasteiger partial charge is 0.366 e. The lowest BCUT2D eigenvalue weighted by Gasteiger charge is -2.38. The third kappa shape index (κ3) is 3.58. The van der Waals surface area contributed by atoms with Crippen molar-refractivity contribution in [3.05, 3.63) is 18.0 Å². The second-order valence-electron chi connectivity index (χ2n) is 7.42. The summed E-state index contributed by atoms with van der Waals surface area (Å²) in [6, 6.07) is 0.228. The maximum Gasteiger partial charge on any atom is 0.248 e. The van der Waals surface area contributed by atoms with Gasteiger partial charge in [0.05, 0.1) is 18.3 Å². The normalized spacial score (nSPS) is 31.1. The topological polar surface area (TPSA) is 50.6 Å². The summed E-state index contributed by atoms with van der Waals surface area (Å²) in [4.78, 5) is 15.9. The Balaban J connectivity index is 1.73. The van der Waals surface area contributed by atoms with Crippen LogP contribution in [0.5, 0.6) is 0 Å². The molecule has 1 aromatic rings. The van der Waals surface area contributed by atoms with Crippen molar-refractivity contribution in [2.45, 2.75) is 31.9 Å². The zero-order valence-electron chi connectivity index (χ0n) is 14.6. The molecule has 0 bridgehead atoms. The quantitative estimate of drug-likeness (QED) is 0.836. The van der Waals surface area contributed by atoms with Crippen LogP contribution in [0.3, 0.4) is 0 Å². The summed E-state index contributed by atoms with van der Waals surface area (Å²) in [5.74, 6) is 1.40. The summed E-state index contributed by atoms with van der Waals surface area (Å²) in [6.45, 7) is 4.51. The van der Waals surface area contributed by atoms with Crippen molar-refractivity contribution in [2.75, 3.05) is 40.8 Å². The molecule has 2 aliphatic rings. The molecule has 4 atom stereocenters. The second kappa shape index (κ2) is 6.61. The Morgan fingerprint density at radius 2 is 2.04 bits per heavy atom. The number of carbonyl (C=O) groups is 1. The van der Waals surface area contributed by atoms with Crippen molar-refractivity contribution in [1.29, 1.82) is 0 Å². The number of aryl methyl sites for hydroxylation is 1. The molecule has 0 aromatic carbocycles. The highest BCUT2D eigenvalue weighted by atomic mass is 16.5. The van der Waals surface area contributed by atoms with E-state index in [9.17, 15) is 4.79 Å². The highest BCUT2D eigenvalue weighted by Gasteiger charge is 2.43. The van der Waals surface area contributed by atoms with Gasteiger partial charge in [0, 0.05) is 33.4 Å². The number of carbonyl (C=O) groups excluding carboxylic acids is 1. The molecule has 1 aliphatic carbocycles. The van der Waals surface area contributed by atoms with Crippen molar-refractivity contribution in [1.82, 2.24) is 19.6 Å². The number of hydrogen-bond donors (Lipinski definition) is 0. The van der Waals surface area contributed by atoms with Crippen LogP contribution in [0, 0.1) is 18.8 Å². The van der Waals surface area contributed by atoms with Crippen LogP contribution >= 0.6 is 0 Å². The van der Waals surface area contributed by atoms with Gasteiger partial charge in [0.2, 0.25) is 5.91 Å². The van der Waals surface area contributed by atoms with Crippen molar-refractivity contribution >= 4 is 5.91 Å². The third-order valence-electron chi connectivity index (χ3n) is 5.26. The predicted octanol–water partition coefficient (Wildman–Crippen LogP) is 1.18. The van der Waals surface area contributed by atoms with Crippen LogP contribution in [0.15, 0.2) is 12.4 Å². The molecule has 23 heavy (non-hydrogen) atoms. The minimum atomic E-state index is 0.0195. The van der Waals surface area contributed by atoms with Crippen LogP contribution < -0.4 is 0 Å². The average Bonchev–Trinajstić information content (AvgIpc) is 3.07. The molecule has 2 heterocycles. The molecule has 1 amide bonds. The minimum absolute atomic E-state index is 0.0195. The Labute approximate surface area is 138 Å². The monoisotopic (exact) mass is 320 g/mol. The Morgan fingerprint density at radius 3 is 2.65 bits per heavy atom. The maximum absolute atomic E-state index is 11.9. The van der Waals surface area contributed by atoms with Gasteiger partial charge in [-0.15, -0.1) is 0 Å². The van der Waals surface area contributed by atoms with Crippen LogP contribution in [0.2, 0.25) is 0 Å². The number of likely N-dealkylation sites (tertiary alicyclic amines) is 1. The molecule has 0 spiro atoms. The molecular formula is C17H28N4O2. The molecule has 1 aliphatic heterocycles. The lowest BCUT2D eigenvalue weighted by molar-refractivity contribution is -0.138. The maximum atomic E-state index is 11.9. The van der Waals surface area contributed by atoms with Gasteiger partial charge >= 0.3 is 0 Å². The van der Waals surface area contributed by atoms with Gasteiger partial charge in [-0.2, -0.15) is 5.10 Å². The highest BCUT2D eigenvalue weighted by Crippen LogP contribution is 2.42. The summed E-state index contributed by atoms with van der Waals surface area (Å²) in [5.41, 5.74) is 1.17. The number of likely N-dealkylation sites (N-methyl/N-ethyl adjacent to an activating group) is 1. The van der Waals surface area contributed by atoms with Crippen molar-refractivity contribution in [3.8, 4) is 0 Å². The van der Waals surface area contributed by atoms with Crippen LogP contribution in [0.4, 0.5) is 0 Å². The van der Waals surface area contributed by atoms with E-state index < -0.39 is 0 Å². The number of rotatable bonds is 4. The molecule has 0 radical (unpaired) electrons. The summed E-state index contributed by atoms with van der Waals surface area (Å²) < 4.78 is 8.11. The Kier molecular flexibility index (Phi) is 4.73. The molecular weight excluding hydrogens is 292 g/mol. The van der Waals surface area contributed by atoms with Crippen LogP contribution in [0.25, 0.3) is 0 Å². The van der Waals surface area contributed by atoms with Gasteiger partial charge in [0.15, 0.2) is 0 Å². The fraction of sp³-hybridized carbons (Fsp3) is 0.765. The predicted molar refractivity (Wildman–Crippen MR) is 88.1 cm³/mol. The number of nitrogens with zero attached hydrogens (tertiary/aromatic N) is 4. The number of fused-ring (bicyclic) bond motifs is 1. The first kappa shape index (κ1) is 16.5. The fourth-order valence-electron chi connectivity index (χ4n) is 4.00. The van der Waals surface area contributed by atoms with E-state index in [1.807, 2.05) is 6.20 Å². The van der Waals surface area contributed by atoms with Crippen molar-refractivity contribution in [2.24, 2.45) is 11.8 Å². The zero-order chi connectivity index (χ0) is 16.6. The lowest BCUT2D eigenvalue weighted by atomic mass is 9.77. The number of amides is 1. The standard InChI is InChI=1S/C17H28N4O2/c1-12-7-18-21(8-12)15-5-13-9-20(4)10-14(13)6-16(15)23-11-17(22)19(2)3/h7-8,13-16H,5-6,9-11H2,1-4H3/t13-,14+,15-,16-/m0/s1. The second-order valence-corrected chi connectivity index (χ2v) is 7.42. The Hall–Kier alpha value is -1.40. The van der Waals surface area contributed by atoms with Crippen LogP contribution in [0.1, 0.15) is 24.4 Å². The molecule has 1 aromatic heterocycles. The lowest BCUT2D eigenvalue weighted by Crippen LogP contribution is -2.40. The zero-order valence-corrected chi connectivity index (χ0v) is 14.6. The van der Waals surface area contributed by atoms with Crippen molar-refractivity contribution < 1.29 is 9.53 Å². The van der Waals surface area contributed by atoms with E-state index in [-0.39, 0.29) is 24.7 Å². The van der Waals surface area contributed by atoms with E-state index >= 15 is 0 Å². The molecule has 2 fully saturated rings.